The van der Waals surface area contributed by atoms with Crippen LogP contribution in [-0.4, -0.2) is 29.6 Å². The molecule has 0 aromatic heterocycles. The first-order valence-corrected chi connectivity index (χ1v) is 7.13. The lowest BCUT2D eigenvalue weighted by molar-refractivity contribution is -0.0328. The van der Waals surface area contributed by atoms with Gasteiger partial charge in [0.15, 0.2) is 0 Å². The summed E-state index contributed by atoms with van der Waals surface area (Å²) < 4.78 is 0. The van der Waals surface area contributed by atoms with E-state index in [1.807, 2.05) is 0 Å². The number of rotatable bonds is 4. The van der Waals surface area contributed by atoms with Crippen LogP contribution in [0.5, 0.6) is 0 Å². The van der Waals surface area contributed by atoms with Crippen LogP contribution in [0, 0.1) is 5.41 Å². The molecule has 0 aliphatic heterocycles. The van der Waals surface area contributed by atoms with Gasteiger partial charge in [-0.2, -0.15) is 0 Å². The SMILES string of the molecule is CCC(C)(C)N(C)C1(CN)CCCC(C)(C)C1. The predicted molar refractivity (Wildman–Crippen MR) is 76.2 cm³/mol. The summed E-state index contributed by atoms with van der Waals surface area (Å²) in [7, 11) is 2.28. The number of hydrogen-bond donors (Lipinski definition) is 1. The van der Waals surface area contributed by atoms with Crippen molar-refractivity contribution in [2.24, 2.45) is 11.1 Å². The molecular formula is C15H32N2. The lowest BCUT2D eigenvalue weighted by atomic mass is 9.66. The van der Waals surface area contributed by atoms with Gasteiger partial charge in [-0.1, -0.05) is 27.2 Å². The zero-order valence-electron chi connectivity index (χ0n) is 12.8. The van der Waals surface area contributed by atoms with Crippen LogP contribution in [0.25, 0.3) is 0 Å². The van der Waals surface area contributed by atoms with Crippen LogP contribution in [0.2, 0.25) is 0 Å². The molecule has 0 saturated heterocycles. The van der Waals surface area contributed by atoms with Crippen molar-refractivity contribution in [2.45, 2.75) is 77.8 Å². The fourth-order valence-electron chi connectivity index (χ4n) is 3.44. The normalized spacial score (nSPS) is 29.6. The molecule has 2 nitrogen and oxygen atoms in total. The minimum atomic E-state index is 0.210. The molecule has 17 heavy (non-hydrogen) atoms. The first-order valence-electron chi connectivity index (χ1n) is 7.13. The summed E-state index contributed by atoms with van der Waals surface area (Å²) >= 11 is 0. The van der Waals surface area contributed by atoms with Gasteiger partial charge in [0.05, 0.1) is 0 Å². The van der Waals surface area contributed by atoms with E-state index in [4.69, 9.17) is 5.73 Å². The summed E-state index contributed by atoms with van der Waals surface area (Å²) in [6.45, 7) is 12.5. The molecule has 0 bridgehead atoms. The maximum Gasteiger partial charge on any atom is 0.0339 e. The molecule has 102 valence electrons. The summed E-state index contributed by atoms with van der Waals surface area (Å²) in [5.74, 6) is 0. The summed E-state index contributed by atoms with van der Waals surface area (Å²) in [6, 6.07) is 0. The third-order valence-corrected chi connectivity index (χ3v) is 5.17. The van der Waals surface area contributed by atoms with E-state index >= 15 is 0 Å². The third-order valence-electron chi connectivity index (χ3n) is 5.17. The maximum atomic E-state index is 6.17. The molecule has 0 radical (unpaired) electrons. The molecule has 1 aliphatic rings. The third kappa shape index (κ3) is 3.03. The van der Waals surface area contributed by atoms with Crippen LogP contribution in [0.1, 0.15) is 66.7 Å². The van der Waals surface area contributed by atoms with Crippen LogP contribution >= 0.6 is 0 Å². The first kappa shape index (κ1) is 15.0. The van der Waals surface area contributed by atoms with Crippen molar-refractivity contribution in [2.75, 3.05) is 13.6 Å². The van der Waals surface area contributed by atoms with E-state index in [0.717, 1.165) is 6.54 Å². The van der Waals surface area contributed by atoms with Gasteiger partial charge in [-0.3, -0.25) is 4.90 Å². The van der Waals surface area contributed by atoms with Crippen LogP contribution < -0.4 is 5.73 Å². The van der Waals surface area contributed by atoms with Crippen LogP contribution in [0.3, 0.4) is 0 Å². The summed E-state index contributed by atoms with van der Waals surface area (Å²) in [5, 5.41) is 0. The Hall–Kier alpha value is -0.0800. The fraction of sp³-hybridized carbons (Fsp3) is 1.00. The molecule has 0 aromatic rings. The molecule has 1 aliphatic carbocycles. The topological polar surface area (TPSA) is 29.3 Å². The lowest BCUT2D eigenvalue weighted by Crippen LogP contribution is -2.62. The Morgan fingerprint density at radius 2 is 1.82 bits per heavy atom. The minimum Gasteiger partial charge on any atom is -0.329 e. The standard InChI is InChI=1S/C15H32N2/c1-7-14(4,5)17(6)15(12-16)10-8-9-13(2,3)11-15/h7-12,16H2,1-6H3. The van der Waals surface area contributed by atoms with Gasteiger partial charge in [0, 0.05) is 17.6 Å². The van der Waals surface area contributed by atoms with E-state index in [0.29, 0.717) is 5.41 Å². The zero-order chi connectivity index (χ0) is 13.3. The molecule has 1 atom stereocenters. The molecule has 1 rings (SSSR count). The Bertz CT molecular complexity index is 258. The molecule has 2 heteroatoms. The Labute approximate surface area is 108 Å². The Balaban J connectivity index is 2.95. The predicted octanol–water partition coefficient (Wildman–Crippen LogP) is 3.40. The molecular weight excluding hydrogens is 208 g/mol. The summed E-state index contributed by atoms with van der Waals surface area (Å²) in [5.41, 5.74) is 7.06. The molecule has 0 amide bonds. The van der Waals surface area contributed by atoms with E-state index in [9.17, 15) is 0 Å². The van der Waals surface area contributed by atoms with E-state index in [2.05, 4.69) is 46.6 Å². The molecule has 0 spiro atoms. The average Bonchev–Trinajstić information content (AvgIpc) is 2.26. The fourth-order valence-corrected chi connectivity index (χ4v) is 3.44. The van der Waals surface area contributed by atoms with Gasteiger partial charge in [-0.05, 0) is 52.0 Å². The molecule has 1 unspecified atom stereocenters. The Kier molecular flexibility index (Phi) is 4.31. The van der Waals surface area contributed by atoms with E-state index in [1.54, 1.807) is 0 Å². The van der Waals surface area contributed by atoms with Gasteiger partial charge in [0.2, 0.25) is 0 Å². The van der Waals surface area contributed by atoms with Crippen molar-refractivity contribution in [1.29, 1.82) is 0 Å². The van der Waals surface area contributed by atoms with Gasteiger partial charge in [0.25, 0.3) is 0 Å². The van der Waals surface area contributed by atoms with Crippen molar-refractivity contribution in [3.63, 3.8) is 0 Å². The highest BCUT2D eigenvalue weighted by molar-refractivity contribution is 5.02. The molecule has 1 fully saturated rings. The first-order chi connectivity index (χ1) is 7.69. The van der Waals surface area contributed by atoms with E-state index < -0.39 is 0 Å². The highest BCUT2D eigenvalue weighted by atomic mass is 15.2. The van der Waals surface area contributed by atoms with Gasteiger partial charge >= 0.3 is 0 Å². The van der Waals surface area contributed by atoms with Crippen LogP contribution in [0.4, 0.5) is 0 Å². The Morgan fingerprint density at radius 1 is 1.24 bits per heavy atom. The molecule has 0 heterocycles. The number of hydrogen-bond acceptors (Lipinski definition) is 2. The van der Waals surface area contributed by atoms with Crippen molar-refractivity contribution in [3.8, 4) is 0 Å². The van der Waals surface area contributed by atoms with Gasteiger partial charge in [-0.25, -0.2) is 0 Å². The van der Waals surface area contributed by atoms with Gasteiger partial charge in [0.1, 0.15) is 0 Å². The quantitative estimate of drug-likeness (QED) is 0.816. The van der Waals surface area contributed by atoms with Crippen molar-refractivity contribution in [3.05, 3.63) is 0 Å². The summed E-state index contributed by atoms with van der Waals surface area (Å²) in [4.78, 5) is 2.57. The largest absolute Gasteiger partial charge is 0.329 e. The smallest absolute Gasteiger partial charge is 0.0339 e. The maximum absolute atomic E-state index is 6.17. The Morgan fingerprint density at radius 3 is 2.24 bits per heavy atom. The van der Waals surface area contributed by atoms with E-state index in [-0.39, 0.29) is 11.1 Å². The second kappa shape index (κ2) is 4.89. The van der Waals surface area contributed by atoms with Crippen LogP contribution in [-0.2, 0) is 0 Å². The molecule has 0 aromatic carbocycles. The van der Waals surface area contributed by atoms with Crippen molar-refractivity contribution in [1.82, 2.24) is 4.90 Å². The minimum absolute atomic E-state index is 0.210. The highest BCUT2D eigenvalue weighted by Gasteiger charge is 2.45. The van der Waals surface area contributed by atoms with E-state index in [1.165, 1.54) is 32.1 Å². The second-order valence-electron chi connectivity index (χ2n) is 7.35. The average molecular weight is 240 g/mol. The monoisotopic (exact) mass is 240 g/mol. The molecule has 2 N–H and O–H groups in total. The van der Waals surface area contributed by atoms with Crippen molar-refractivity contribution >= 4 is 0 Å². The van der Waals surface area contributed by atoms with Gasteiger partial charge in [-0.15, -0.1) is 0 Å². The zero-order valence-corrected chi connectivity index (χ0v) is 12.8. The van der Waals surface area contributed by atoms with Crippen molar-refractivity contribution < 1.29 is 0 Å². The lowest BCUT2D eigenvalue weighted by Gasteiger charge is -2.55. The van der Waals surface area contributed by atoms with Gasteiger partial charge < -0.3 is 5.73 Å². The van der Waals surface area contributed by atoms with Crippen LogP contribution in [0.15, 0.2) is 0 Å². The number of nitrogens with zero attached hydrogens (tertiary/aromatic N) is 1. The summed E-state index contributed by atoms with van der Waals surface area (Å²) in [6.07, 6.45) is 6.32. The number of likely N-dealkylation sites (N-methyl/N-ethyl adjacent to an activating group) is 1. The second-order valence-corrected chi connectivity index (χ2v) is 7.35. The highest BCUT2D eigenvalue weighted by Crippen LogP contribution is 2.45. The number of nitrogens with two attached hydrogens (primary N) is 1. The molecule has 1 saturated carbocycles.